The molecular weight excluding hydrogens is 252 g/mol. The summed E-state index contributed by atoms with van der Waals surface area (Å²) in [7, 11) is 0. The highest BCUT2D eigenvalue weighted by Crippen LogP contribution is 2.14. The van der Waals surface area contributed by atoms with Gasteiger partial charge in [-0.1, -0.05) is 13.8 Å². The Hall–Kier alpha value is -1.56. The molecule has 0 radical (unpaired) electrons. The minimum atomic E-state index is -1.02. The van der Waals surface area contributed by atoms with Crippen molar-refractivity contribution < 1.29 is 14.7 Å². The van der Waals surface area contributed by atoms with Crippen molar-refractivity contribution in [2.24, 2.45) is 5.92 Å². The van der Waals surface area contributed by atoms with Crippen molar-refractivity contribution in [3.05, 3.63) is 21.9 Å². The number of carbonyl (C=O) groups excluding carboxylic acids is 1. The maximum Gasteiger partial charge on any atom is 0.326 e. The van der Waals surface area contributed by atoms with E-state index in [1.165, 1.54) is 0 Å². The van der Waals surface area contributed by atoms with Gasteiger partial charge in [0, 0.05) is 4.88 Å². The van der Waals surface area contributed by atoms with Gasteiger partial charge in [0.15, 0.2) is 0 Å². The second-order valence-corrected chi connectivity index (χ2v) is 5.41. The van der Waals surface area contributed by atoms with Crippen molar-refractivity contribution in [3.63, 3.8) is 0 Å². The fraction of sp³-hybridized carbons (Fsp3) is 0.500. The van der Waals surface area contributed by atoms with Gasteiger partial charge in [-0.3, -0.25) is 0 Å². The molecule has 1 atom stereocenters. The third kappa shape index (κ3) is 4.03. The Bertz CT molecular complexity index is 429. The molecule has 1 aromatic rings. The Kier molecular flexibility index (Phi) is 5.15. The third-order valence-corrected chi connectivity index (χ3v) is 3.62. The van der Waals surface area contributed by atoms with E-state index in [0.29, 0.717) is 6.54 Å². The van der Waals surface area contributed by atoms with Crippen molar-refractivity contribution in [2.75, 3.05) is 0 Å². The Morgan fingerprint density at radius 1 is 1.44 bits per heavy atom. The SMILES string of the molecule is Cc1ccsc1CNC(=O)NC(C(=O)O)C(C)C. The highest BCUT2D eigenvalue weighted by molar-refractivity contribution is 7.10. The zero-order valence-electron chi connectivity index (χ0n) is 10.7. The van der Waals surface area contributed by atoms with Crippen molar-refractivity contribution in [1.29, 1.82) is 0 Å². The Labute approximate surface area is 110 Å². The van der Waals surface area contributed by atoms with E-state index in [1.807, 2.05) is 18.4 Å². The average molecular weight is 270 g/mol. The molecule has 0 bridgehead atoms. The van der Waals surface area contributed by atoms with Gasteiger partial charge in [-0.2, -0.15) is 0 Å². The zero-order valence-corrected chi connectivity index (χ0v) is 11.5. The van der Waals surface area contributed by atoms with Crippen LogP contribution < -0.4 is 10.6 Å². The monoisotopic (exact) mass is 270 g/mol. The molecule has 100 valence electrons. The van der Waals surface area contributed by atoms with Crippen molar-refractivity contribution in [3.8, 4) is 0 Å². The van der Waals surface area contributed by atoms with Crippen LogP contribution in [0.15, 0.2) is 11.4 Å². The van der Waals surface area contributed by atoms with Gasteiger partial charge in [-0.25, -0.2) is 9.59 Å². The molecule has 18 heavy (non-hydrogen) atoms. The lowest BCUT2D eigenvalue weighted by molar-refractivity contribution is -0.140. The summed E-state index contributed by atoms with van der Waals surface area (Å²) < 4.78 is 0. The summed E-state index contributed by atoms with van der Waals surface area (Å²) in [5.41, 5.74) is 1.12. The smallest absolute Gasteiger partial charge is 0.326 e. The fourth-order valence-corrected chi connectivity index (χ4v) is 2.30. The van der Waals surface area contributed by atoms with Gasteiger partial charge in [0.05, 0.1) is 6.54 Å². The third-order valence-electron chi connectivity index (χ3n) is 2.60. The number of aliphatic carboxylic acids is 1. The molecule has 6 heteroatoms. The first-order chi connectivity index (χ1) is 8.41. The van der Waals surface area contributed by atoms with Crippen molar-refractivity contribution in [2.45, 2.75) is 33.4 Å². The number of carboxylic acids is 1. The van der Waals surface area contributed by atoms with E-state index in [9.17, 15) is 9.59 Å². The van der Waals surface area contributed by atoms with Crippen LogP contribution in [0.25, 0.3) is 0 Å². The van der Waals surface area contributed by atoms with Crippen LogP contribution in [0.4, 0.5) is 4.79 Å². The number of urea groups is 1. The number of aryl methyl sites for hydroxylation is 1. The summed E-state index contributed by atoms with van der Waals surface area (Å²) in [4.78, 5) is 23.6. The average Bonchev–Trinajstić information content (AvgIpc) is 2.68. The number of hydrogen-bond donors (Lipinski definition) is 3. The van der Waals surface area contributed by atoms with E-state index in [1.54, 1.807) is 25.2 Å². The fourth-order valence-electron chi connectivity index (χ4n) is 1.45. The summed E-state index contributed by atoms with van der Waals surface area (Å²) in [5, 5.41) is 16.0. The van der Waals surface area contributed by atoms with Crippen LogP contribution in [0.2, 0.25) is 0 Å². The first-order valence-electron chi connectivity index (χ1n) is 5.72. The summed E-state index contributed by atoms with van der Waals surface area (Å²) in [5.74, 6) is -1.18. The molecule has 1 rings (SSSR count). The van der Waals surface area contributed by atoms with Gasteiger partial charge in [-0.05, 0) is 29.9 Å². The number of rotatable bonds is 5. The minimum Gasteiger partial charge on any atom is -0.480 e. The summed E-state index contributed by atoms with van der Waals surface area (Å²) in [6.07, 6.45) is 0. The molecule has 2 amide bonds. The molecule has 1 heterocycles. The molecule has 1 aromatic heterocycles. The first-order valence-corrected chi connectivity index (χ1v) is 6.60. The lowest BCUT2D eigenvalue weighted by Gasteiger charge is -2.18. The normalized spacial score (nSPS) is 12.2. The number of carbonyl (C=O) groups is 2. The second-order valence-electron chi connectivity index (χ2n) is 4.41. The standard InChI is InChI=1S/C12H18N2O3S/c1-7(2)10(11(15)16)14-12(17)13-6-9-8(3)4-5-18-9/h4-5,7,10H,6H2,1-3H3,(H,15,16)(H2,13,14,17). The van der Waals surface area contributed by atoms with E-state index < -0.39 is 18.0 Å². The van der Waals surface area contributed by atoms with Crippen LogP contribution in [0.3, 0.4) is 0 Å². The molecule has 0 saturated heterocycles. The van der Waals surface area contributed by atoms with E-state index in [2.05, 4.69) is 10.6 Å². The Morgan fingerprint density at radius 3 is 2.56 bits per heavy atom. The Morgan fingerprint density at radius 2 is 2.11 bits per heavy atom. The molecule has 1 unspecified atom stereocenters. The predicted molar refractivity (Wildman–Crippen MR) is 70.7 cm³/mol. The van der Waals surface area contributed by atoms with Gasteiger partial charge in [0.25, 0.3) is 0 Å². The highest BCUT2D eigenvalue weighted by atomic mass is 32.1. The number of amides is 2. The van der Waals surface area contributed by atoms with Crippen molar-refractivity contribution in [1.82, 2.24) is 10.6 Å². The maximum absolute atomic E-state index is 11.6. The summed E-state index contributed by atoms with van der Waals surface area (Å²) in [6.45, 7) is 5.89. The zero-order chi connectivity index (χ0) is 13.7. The lowest BCUT2D eigenvalue weighted by Crippen LogP contribution is -2.48. The molecule has 0 saturated carbocycles. The molecule has 0 aliphatic heterocycles. The van der Waals surface area contributed by atoms with Crippen LogP contribution in [-0.4, -0.2) is 23.1 Å². The number of thiophene rings is 1. The predicted octanol–water partition coefficient (Wildman–Crippen LogP) is 1.96. The number of nitrogens with one attached hydrogen (secondary N) is 2. The number of carboxylic acid groups (broad SMARTS) is 1. The van der Waals surface area contributed by atoms with Crippen LogP contribution in [0.5, 0.6) is 0 Å². The molecule has 0 spiro atoms. The Balaban J connectivity index is 2.46. The summed E-state index contributed by atoms with van der Waals surface area (Å²) in [6, 6.07) is 0.659. The quantitative estimate of drug-likeness (QED) is 0.765. The van der Waals surface area contributed by atoms with Gasteiger partial charge in [0.1, 0.15) is 6.04 Å². The maximum atomic E-state index is 11.6. The minimum absolute atomic E-state index is 0.156. The van der Waals surface area contributed by atoms with E-state index in [4.69, 9.17) is 5.11 Å². The van der Waals surface area contributed by atoms with E-state index in [-0.39, 0.29) is 5.92 Å². The van der Waals surface area contributed by atoms with Gasteiger partial charge in [0.2, 0.25) is 0 Å². The highest BCUT2D eigenvalue weighted by Gasteiger charge is 2.23. The molecule has 3 N–H and O–H groups in total. The lowest BCUT2D eigenvalue weighted by atomic mass is 10.1. The number of hydrogen-bond acceptors (Lipinski definition) is 3. The molecule has 0 fully saturated rings. The van der Waals surface area contributed by atoms with Gasteiger partial charge < -0.3 is 15.7 Å². The van der Waals surface area contributed by atoms with Crippen LogP contribution in [0.1, 0.15) is 24.3 Å². The van der Waals surface area contributed by atoms with E-state index in [0.717, 1.165) is 10.4 Å². The molecule has 5 nitrogen and oxygen atoms in total. The van der Waals surface area contributed by atoms with Crippen LogP contribution in [0, 0.1) is 12.8 Å². The summed E-state index contributed by atoms with van der Waals surface area (Å²) >= 11 is 1.56. The second kappa shape index (κ2) is 6.39. The van der Waals surface area contributed by atoms with Crippen molar-refractivity contribution >= 4 is 23.3 Å². The molecule has 0 aliphatic carbocycles. The first kappa shape index (κ1) is 14.5. The van der Waals surface area contributed by atoms with Gasteiger partial charge in [-0.15, -0.1) is 11.3 Å². The molecular formula is C12H18N2O3S. The largest absolute Gasteiger partial charge is 0.480 e. The molecule has 0 aromatic carbocycles. The van der Waals surface area contributed by atoms with E-state index >= 15 is 0 Å². The van der Waals surface area contributed by atoms with Gasteiger partial charge >= 0.3 is 12.0 Å². The van der Waals surface area contributed by atoms with Crippen LogP contribution >= 0.6 is 11.3 Å². The van der Waals surface area contributed by atoms with Crippen LogP contribution in [-0.2, 0) is 11.3 Å². The topological polar surface area (TPSA) is 78.4 Å². The molecule has 0 aliphatic rings.